The van der Waals surface area contributed by atoms with Gasteiger partial charge in [0.1, 0.15) is 6.10 Å². The highest BCUT2D eigenvalue weighted by molar-refractivity contribution is 9.10. The van der Waals surface area contributed by atoms with Gasteiger partial charge < -0.3 is 15.2 Å². The molecule has 0 bridgehead atoms. The molecule has 3 nitrogen and oxygen atoms in total. The van der Waals surface area contributed by atoms with Crippen molar-refractivity contribution in [3.8, 4) is 11.5 Å². The fourth-order valence-corrected chi connectivity index (χ4v) is 2.87. The molecule has 3 unspecified atom stereocenters. The first kappa shape index (κ1) is 13.7. The summed E-state index contributed by atoms with van der Waals surface area (Å²) in [5, 5.41) is 0. The second kappa shape index (κ2) is 5.10. The van der Waals surface area contributed by atoms with Gasteiger partial charge in [-0.15, -0.1) is 0 Å². The van der Waals surface area contributed by atoms with E-state index < -0.39 is 0 Å². The molecular weight excluding hydrogens is 294 g/mol. The molecule has 0 amide bonds. The van der Waals surface area contributed by atoms with E-state index in [1.807, 2.05) is 18.2 Å². The van der Waals surface area contributed by atoms with Crippen LogP contribution in [0.25, 0.3) is 0 Å². The Labute approximate surface area is 117 Å². The zero-order chi connectivity index (χ0) is 13.3. The molecule has 0 saturated heterocycles. The Balaban J connectivity index is 2.21. The van der Waals surface area contributed by atoms with E-state index >= 15 is 0 Å². The maximum Gasteiger partial charge on any atom is 0.175 e. The van der Waals surface area contributed by atoms with Crippen LogP contribution in [0.1, 0.15) is 26.7 Å². The molecule has 0 heterocycles. The average Bonchev–Trinajstić information content (AvgIpc) is 2.39. The number of ether oxygens (including phenoxy) is 2. The van der Waals surface area contributed by atoms with E-state index in [0.29, 0.717) is 0 Å². The van der Waals surface area contributed by atoms with E-state index in [1.165, 1.54) is 0 Å². The van der Waals surface area contributed by atoms with Gasteiger partial charge in [0.05, 0.1) is 11.6 Å². The lowest BCUT2D eigenvalue weighted by Gasteiger charge is -2.51. The van der Waals surface area contributed by atoms with Crippen LogP contribution in [0.4, 0.5) is 0 Å². The van der Waals surface area contributed by atoms with Crippen LogP contribution in [-0.4, -0.2) is 19.3 Å². The van der Waals surface area contributed by atoms with Crippen molar-refractivity contribution in [1.82, 2.24) is 0 Å². The van der Waals surface area contributed by atoms with E-state index in [4.69, 9.17) is 15.2 Å². The predicted octanol–water partition coefficient (Wildman–Crippen LogP) is 3.35. The summed E-state index contributed by atoms with van der Waals surface area (Å²) in [6.45, 7) is 4.35. The van der Waals surface area contributed by atoms with Crippen molar-refractivity contribution >= 4 is 15.9 Å². The first-order valence-corrected chi connectivity index (χ1v) is 7.07. The molecule has 2 rings (SSSR count). The quantitative estimate of drug-likeness (QED) is 0.927. The van der Waals surface area contributed by atoms with E-state index in [-0.39, 0.29) is 17.6 Å². The zero-order valence-electron chi connectivity index (χ0n) is 11.1. The Morgan fingerprint density at radius 1 is 1.50 bits per heavy atom. The fourth-order valence-electron chi connectivity index (χ4n) is 2.43. The van der Waals surface area contributed by atoms with Gasteiger partial charge in [-0.05, 0) is 34.5 Å². The number of methoxy groups -OCH3 is 1. The molecule has 4 heteroatoms. The predicted molar refractivity (Wildman–Crippen MR) is 76.1 cm³/mol. The van der Waals surface area contributed by atoms with Crippen molar-refractivity contribution in [1.29, 1.82) is 0 Å². The number of benzene rings is 1. The molecule has 18 heavy (non-hydrogen) atoms. The fraction of sp³-hybridized carbons (Fsp3) is 0.571. The van der Waals surface area contributed by atoms with E-state index in [0.717, 1.165) is 28.8 Å². The monoisotopic (exact) mass is 313 g/mol. The number of para-hydroxylation sites is 1. The first-order valence-electron chi connectivity index (χ1n) is 6.27. The first-order chi connectivity index (χ1) is 8.52. The molecule has 1 aliphatic carbocycles. The maximum absolute atomic E-state index is 6.13. The summed E-state index contributed by atoms with van der Waals surface area (Å²) in [5.74, 6) is 1.53. The third-order valence-corrected chi connectivity index (χ3v) is 4.85. The van der Waals surface area contributed by atoms with Crippen LogP contribution in [-0.2, 0) is 0 Å². The van der Waals surface area contributed by atoms with Gasteiger partial charge >= 0.3 is 0 Å². The molecule has 3 atom stereocenters. The summed E-state index contributed by atoms with van der Waals surface area (Å²) < 4.78 is 12.4. The average molecular weight is 314 g/mol. The molecule has 1 fully saturated rings. The number of halogens is 1. The standard InChI is InChI=1S/C14H20BrNO2/c1-4-14(2)11(16)8-12(14)18-13-9(15)6-5-7-10(13)17-3/h5-7,11-12H,4,8,16H2,1-3H3. The van der Waals surface area contributed by atoms with Gasteiger partial charge in [0.15, 0.2) is 11.5 Å². The SMILES string of the molecule is CCC1(C)C(N)CC1Oc1c(Br)cccc1OC. The van der Waals surface area contributed by atoms with Crippen molar-refractivity contribution in [3.05, 3.63) is 22.7 Å². The van der Waals surface area contributed by atoms with Gasteiger partial charge in [0.25, 0.3) is 0 Å². The highest BCUT2D eigenvalue weighted by Crippen LogP contribution is 2.47. The van der Waals surface area contributed by atoms with E-state index in [9.17, 15) is 0 Å². The normalized spacial score (nSPS) is 30.7. The molecule has 0 spiro atoms. The largest absolute Gasteiger partial charge is 0.493 e. The van der Waals surface area contributed by atoms with Crippen molar-refractivity contribution in [2.24, 2.45) is 11.1 Å². The lowest BCUT2D eigenvalue weighted by atomic mass is 9.62. The van der Waals surface area contributed by atoms with Crippen LogP contribution in [0, 0.1) is 5.41 Å². The van der Waals surface area contributed by atoms with Gasteiger partial charge in [-0.3, -0.25) is 0 Å². The Kier molecular flexibility index (Phi) is 3.87. The summed E-state index contributed by atoms with van der Waals surface area (Å²) >= 11 is 3.51. The molecule has 2 N–H and O–H groups in total. The Morgan fingerprint density at radius 2 is 2.22 bits per heavy atom. The summed E-state index contributed by atoms with van der Waals surface area (Å²) in [6.07, 6.45) is 2.07. The highest BCUT2D eigenvalue weighted by atomic mass is 79.9. The second-order valence-corrected chi connectivity index (χ2v) is 5.93. The summed E-state index contributed by atoms with van der Waals surface area (Å²) in [6, 6.07) is 6.02. The minimum Gasteiger partial charge on any atom is -0.493 e. The smallest absolute Gasteiger partial charge is 0.175 e. The zero-order valence-corrected chi connectivity index (χ0v) is 12.7. The number of hydrogen-bond acceptors (Lipinski definition) is 3. The van der Waals surface area contributed by atoms with Crippen LogP contribution in [0.3, 0.4) is 0 Å². The maximum atomic E-state index is 6.13. The lowest BCUT2D eigenvalue weighted by molar-refractivity contribution is -0.0573. The molecule has 1 saturated carbocycles. The van der Waals surface area contributed by atoms with Crippen LogP contribution in [0.15, 0.2) is 22.7 Å². The van der Waals surface area contributed by atoms with E-state index in [1.54, 1.807) is 7.11 Å². The van der Waals surface area contributed by atoms with Crippen molar-refractivity contribution < 1.29 is 9.47 Å². The molecule has 100 valence electrons. The Morgan fingerprint density at radius 3 is 2.78 bits per heavy atom. The topological polar surface area (TPSA) is 44.5 Å². The minimum atomic E-state index is 0.0558. The molecule has 1 aliphatic rings. The van der Waals surface area contributed by atoms with Gasteiger partial charge in [0, 0.05) is 17.9 Å². The van der Waals surface area contributed by atoms with Crippen molar-refractivity contribution in [2.45, 2.75) is 38.8 Å². The van der Waals surface area contributed by atoms with Gasteiger partial charge in [-0.1, -0.05) is 19.9 Å². The number of rotatable bonds is 4. The third kappa shape index (κ3) is 2.12. The van der Waals surface area contributed by atoms with Gasteiger partial charge in [0.2, 0.25) is 0 Å². The second-order valence-electron chi connectivity index (χ2n) is 5.08. The van der Waals surface area contributed by atoms with Crippen LogP contribution in [0.2, 0.25) is 0 Å². The van der Waals surface area contributed by atoms with E-state index in [2.05, 4.69) is 29.8 Å². The number of hydrogen-bond donors (Lipinski definition) is 1. The molecule has 1 aromatic rings. The Hall–Kier alpha value is -0.740. The van der Waals surface area contributed by atoms with Crippen LogP contribution >= 0.6 is 15.9 Å². The van der Waals surface area contributed by atoms with Crippen molar-refractivity contribution in [2.75, 3.05) is 7.11 Å². The summed E-state index contributed by atoms with van der Waals surface area (Å²) in [7, 11) is 1.65. The molecule has 0 radical (unpaired) electrons. The number of nitrogens with two attached hydrogens (primary N) is 1. The van der Waals surface area contributed by atoms with Gasteiger partial charge in [-0.25, -0.2) is 0 Å². The summed E-state index contributed by atoms with van der Waals surface area (Å²) in [4.78, 5) is 0. The lowest BCUT2D eigenvalue weighted by Crippen LogP contribution is -2.61. The van der Waals surface area contributed by atoms with Gasteiger partial charge in [-0.2, -0.15) is 0 Å². The minimum absolute atomic E-state index is 0.0558. The molecule has 0 aliphatic heterocycles. The third-order valence-electron chi connectivity index (χ3n) is 4.22. The summed E-state index contributed by atoms with van der Waals surface area (Å²) in [5.41, 5.74) is 6.15. The van der Waals surface area contributed by atoms with Crippen molar-refractivity contribution in [3.63, 3.8) is 0 Å². The van der Waals surface area contributed by atoms with Crippen LogP contribution in [0.5, 0.6) is 11.5 Å². The highest BCUT2D eigenvalue weighted by Gasteiger charge is 2.50. The molecular formula is C14H20BrNO2. The molecule has 0 aromatic heterocycles. The van der Waals surface area contributed by atoms with Crippen LogP contribution < -0.4 is 15.2 Å². The molecule has 1 aromatic carbocycles. The Bertz CT molecular complexity index is 438.